The highest BCUT2D eigenvalue weighted by Gasteiger charge is 2.21. The highest BCUT2D eigenvalue weighted by Crippen LogP contribution is 2.33. The van der Waals surface area contributed by atoms with Crippen LogP contribution in [0.4, 0.5) is 0 Å². The molecule has 0 N–H and O–H groups in total. The molecule has 1 atom stereocenters. The summed E-state index contributed by atoms with van der Waals surface area (Å²) in [5.41, 5.74) is 2.85. The van der Waals surface area contributed by atoms with Gasteiger partial charge in [0, 0.05) is 25.2 Å². The molecule has 0 spiro atoms. The predicted octanol–water partition coefficient (Wildman–Crippen LogP) is 3.18. The van der Waals surface area contributed by atoms with Gasteiger partial charge in [0.2, 0.25) is 0 Å². The van der Waals surface area contributed by atoms with Crippen LogP contribution in [0.1, 0.15) is 17.4 Å². The molecule has 0 fully saturated rings. The van der Waals surface area contributed by atoms with Crippen LogP contribution in [0.3, 0.4) is 0 Å². The third-order valence-corrected chi connectivity index (χ3v) is 3.27. The van der Waals surface area contributed by atoms with E-state index >= 15 is 0 Å². The molecular formula is C17H19NO3. The molecule has 0 amide bonds. The van der Waals surface area contributed by atoms with Crippen molar-refractivity contribution in [2.24, 2.45) is 0 Å². The van der Waals surface area contributed by atoms with Gasteiger partial charge in [0.1, 0.15) is 19.6 Å². The molecule has 110 valence electrons. The molecule has 2 rings (SSSR count). The van der Waals surface area contributed by atoms with E-state index in [0.29, 0.717) is 6.73 Å². The van der Waals surface area contributed by atoms with Crippen LogP contribution in [0.5, 0.6) is 0 Å². The van der Waals surface area contributed by atoms with Crippen molar-refractivity contribution in [3.8, 4) is 12.3 Å². The number of nitrogens with zero attached hydrogens (tertiary/aromatic N) is 1. The topological polar surface area (TPSA) is 32.6 Å². The van der Waals surface area contributed by atoms with E-state index in [1.165, 1.54) is 0 Å². The first-order valence-electron chi connectivity index (χ1n) is 6.57. The number of hydrogen-bond acceptors (Lipinski definition) is 3. The molecule has 0 radical (unpaired) electrons. The molecule has 0 aliphatic carbocycles. The second-order valence-electron chi connectivity index (χ2n) is 4.49. The largest absolute Gasteiger partial charge is 0.364 e. The molecule has 1 aromatic carbocycles. The minimum atomic E-state index is -0.499. The lowest BCUT2D eigenvalue weighted by molar-refractivity contribution is -0.0531. The molecule has 0 aliphatic heterocycles. The molecular weight excluding hydrogens is 266 g/mol. The fourth-order valence-electron chi connectivity index (χ4n) is 2.46. The Kier molecular flexibility index (Phi) is 5.18. The van der Waals surface area contributed by atoms with Crippen molar-refractivity contribution >= 4 is 17.0 Å². The van der Waals surface area contributed by atoms with Crippen molar-refractivity contribution < 1.29 is 14.2 Å². The number of ether oxygens (including phenoxy) is 3. The van der Waals surface area contributed by atoms with Gasteiger partial charge in [-0.25, -0.2) is 0 Å². The molecule has 1 aromatic heterocycles. The van der Waals surface area contributed by atoms with Gasteiger partial charge in [-0.15, -0.1) is 6.42 Å². The van der Waals surface area contributed by atoms with Crippen LogP contribution in [-0.2, 0) is 20.9 Å². The summed E-state index contributed by atoms with van der Waals surface area (Å²) in [5, 5.41) is 1.03. The van der Waals surface area contributed by atoms with Gasteiger partial charge >= 0.3 is 0 Å². The second kappa shape index (κ2) is 7.09. The Morgan fingerprint density at radius 3 is 2.71 bits per heavy atom. The molecule has 21 heavy (non-hydrogen) atoms. The Labute approximate surface area is 124 Å². The quantitative estimate of drug-likeness (QED) is 0.578. The van der Waals surface area contributed by atoms with Crippen molar-refractivity contribution in [2.45, 2.75) is 12.8 Å². The SMILES string of the molecule is C#CC(OCOC)c1c(C=C)n(COC)c2ccccc12. The maximum atomic E-state index is 5.64. The average molecular weight is 285 g/mol. The third kappa shape index (κ3) is 2.86. The molecule has 0 saturated heterocycles. The summed E-state index contributed by atoms with van der Waals surface area (Å²) in [7, 11) is 3.22. The Morgan fingerprint density at radius 1 is 1.33 bits per heavy atom. The van der Waals surface area contributed by atoms with Gasteiger partial charge < -0.3 is 18.8 Å². The molecule has 1 heterocycles. The molecule has 0 aliphatic rings. The summed E-state index contributed by atoms with van der Waals surface area (Å²) in [6.07, 6.45) is 6.91. The zero-order chi connectivity index (χ0) is 15.2. The molecule has 1 unspecified atom stereocenters. The van der Waals surface area contributed by atoms with E-state index in [1.807, 2.05) is 28.8 Å². The highest BCUT2D eigenvalue weighted by molar-refractivity contribution is 5.89. The predicted molar refractivity (Wildman–Crippen MR) is 83.6 cm³/mol. The Bertz CT molecular complexity index is 666. The lowest BCUT2D eigenvalue weighted by Gasteiger charge is -2.13. The highest BCUT2D eigenvalue weighted by atomic mass is 16.7. The molecule has 0 bridgehead atoms. The number of aromatic nitrogens is 1. The molecule has 4 nitrogen and oxygen atoms in total. The van der Waals surface area contributed by atoms with Gasteiger partial charge in [0.15, 0.2) is 0 Å². The summed E-state index contributed by atoms with van der Waals surface area (Å²) >= 11 is 0. The van der Waals surface area contributed by atoms with E-state index in [-0.39, 0.29) is 6.79 Å². The van der Waals surface area contributed by atoms with E-state index in [0.717, 1.165) is 22.2 Å². The zero-order valence-electron chi connectivity index (χ0n) is 12.3. The summed E-state index contributed by atoms with van der Waals surface area (Å²) in [6.45, 7) is 4.45. The summed E-state index contributed by atoms with van der Waals surface area (Å²) in [6, 6.07) is 7.99. The monoisotopic (exact) mass is 285 g/mol. The first-order chi connectivity index (χ1) is 10.3. The minimum absolute atomic E-state index is 0.134. The molecule has 0 saturated carbocycles. The van der Waals surface area contributed by atoms with Crippen LogP contribution in [-0.4, -0.2) is 25.6 Å². The average Bonchev–Trinajstić information content (AvgIpc) is 2.83. The fraction of sp³-hybridized carbons (Fsp3) is 0.294. The summed E-state index contributed by atoms with van der Waals surface area (Å²) in [4.78, 5) is 0. The van der Waals surface area contributed by atoms with Crippen molar-refractivity contribution in [1.82, 2.24) is 4.57 Å². The summed E-state index contributed by atoms with van der Waals surface area (Å²) in [5.74, 6) is 2.67. The lowest BCUT2D eigenvalue weighted by Crippen LogP contribution is -2.07. The van der Waals surface area contributed by atoms with Crippen LogP contribution in [0.25, 0.3) is 17.0 Å². The van der Waals surface area contributed by atoms with Crippen LogP contribution in [0.2, 0.25) is 0 Å². The van der Waals surface area contributed by atoms with E-state index in [9.17, 15) is 0 Å². The van der Waals surface area contributed by atoms with Crippen molar-refractivity contribution in [1.29, 1.82) is 0 Å². The van der Waals surface area contributed by atoms with Gasteiger partial charge in [-0.2, -0.15) is 0 Å². The smallest absolute Gasteiger partial charge is 0.148 e. The number of para-hydroxylation sites is 1. The third-order valence-electron chi connectivity index (χ3n) is 3.27. The maximum Gasteiger partial charge on any atom is 0.148 e. The van der Waals surface area contributed by atoms with Crippen LogP contribution < -0.4 is 0 Å². The van der Waals surface area contributed by atoms with E-state index in [2.05, 4.69) is 12.5 Å². The van der Waals surface area contributed by atoms with Gasteiger partial charge in [0.05, 0.1) is 11.2 Å². The van der Waals surface area contributed by atoms with Crippen molar-refractivity contribution in [2.75, 3.05) is 21.0 Å². The van der Waals surface area contributed by atoms with Gasteiger partial charge in [-0.3, -0.25) is 0 Å². The number of terminal acetylenes is 1. The normalized spacial score (nSPS) is 12.2. The molecule has 2 aromatic rings. The number of fused-ring (bicyclic) bond motifs is 1. The van der Waals surface area contributed by atoms with Crippen molar-refractivity contribution in [3.05, 3.63) is 42.1 Å². The number of hydrogen-bond donors (Lipinski definition) is 0. The number of methoxy groups -OCH3 is 2. The van der Waals surface area contributed by atoms with E-state index < -0.39 is 6.10 Å². The number of benzene rings is 1. The van der Waals surface area contributed by atoms with Crippen LogP contribution >= 0.6 is 0 Å². The van der Waals surface area contributed by atoms with Gasteiger partial charge in [0.25, 0.3) is 0 Å². The standard InChI is InChI=1S/C17H19NO3/c1-5-14-17(16(6-2)21-12-20-4)13-9-7-8-10-15(13)18(14)11-19-3/h2,5,7-10,16H,1,11-12H2,3-4H3. The minimum Gasteiger partial charge on any atom is -0.364 e. The van der Waals surface area contributed by atoms with Crippen LogP contribution in [0, 0.1) is 12.3 Å². The second-order valence-corrected chi connectivity index (χ2v) is 4.49. The Balaban J connectivity index is 2.65. The first kappa shape index (κ1) is 15.3. The zero-order valence-corrected chi connectivity index (χ0v) is 12.3. The Hall–Kier alpha value is -2.06. The fourth-order valence-corrected chi connectivity index (χ4v) is 2.46. The van der Waals surface area contributed by atoms with Crippen LogP contribution in [0.15, 0.2) is 30.8 Å². The summed E-state index contributed by atoms with van der Waals surface area (Å²) < 4.78 is 17.9. The van der Waals surface area contributed by atoms with E-state index in [1.54, 1.807) is 20.3 Å². The lowest BCUT2D eigenvalue weighted by atomic mass is 10.1. The van der Waals surface area contributed by atoms with Crippen molar-refractivity contribution in [3.63, 3.8) is 0 Å². The molecule has 4 heteroatoms. The first-order valence-corrected chi connectivity index (χ1v) is 6.57. The Morgan fingerprint density at radius 2 is 2.10 bits per heavy atom. The van der Waals surface area contributed by atoms with Gasteiger partial charge in [-0.1, -0.05) is 30.7 Å². The maximum absolute atomic E-state index is 5.64. The number of rotatable bonds is 7. The van der Waals surface area contributed by atoms with E-state index in [4.69, 9.17) is 20.6 Å². The van der Waals surface area contributed by atoms with Gasteiger partial charge in [-0.05, 0) is 12.1 Å².